The van der Waals surface area contributed by atoms with Crippen molar-refractivity contribution in [2.75, 3.05) is 23.3 Å². The Labute approximate surface area is 199 Å². The molecule has 2 aromatic heterocycles. The summed E-state index contributed by atoms with van der Waals surface area (Å²) in [5.74, 6) is -1.08. The molecule has 2 aliphatic rings. The summed E-state index contributed by atoms with van der Waals surface area (Å²) in [7, 11) is 0. The number of aromatic nitrogens is 3. The van der Waals surface area contributed by atoms with Crippen molar-refractivity contribution in [3.63, 3.8) is 0 Å². The Balaban J connectivity index is 1.30. The zero-order valence-corrected chi connectivity index (χ0v) is 19.5. The third kappa shape index (κ3) is 4.79. The van der Waals surface area contributed by atoms with Crippen LogP contribution in [0, 0.1) is 18.7 Å². The largest absolute Gasteiger partial charge is 0.353 e. The van der Waals surface area contributed by atoms with E-state index in [9.17, 15) is 18.8 Å². The number of amides is 2. The van der Waals surface area contributed by atoms with E-state index in [1.807, 2.05) is 4.90 Å². The molecule has 1 unspecified atom stereocenters. The van der Waals surface area contributed by atoms with Gasteiger partial charge in [-0.3, -0.25) is 19.0 Å². The average molecular weight is 485 g/mol. The van der Waals surface area contributed by atoms with Gasteiger partial charge in [0.1, 0.15) is 23.4 Å². The Morgan fingerprint density at radius 1 is 1.26 bits per heavy atom. The predicted octanol–water partition coefficient (Wildman–Crippen LogP) is 2.43. The third-order valence-corrected chi connectivity index (χ3v) is 7.16. The van der Waals surface area contributed by atoms with E-state index in [4.69, 9.17) is 0 Å². The van der Waals surface area contributed by atoms with Crippen LogP contribution >= 0.6 is 11.3 Å². The fourth-order valence-electron chi connectivity index (χ4n) is 4.06. The Hall–Kier alpha value is -3.34. The lowest BCUT2D eigenvalue weighted by molar-refractivity contribution is -0.125. The summed E-state index contributed by atoms with van der Waals surface area (Å²) < 4.78 is 15.6. The van der Waals surface area contributed by atoms with Gasteiger partial charge < -0.3 is 15.5 Å². The number of thiazole rings is 1. The van der Waals surface area contributed by atoms with Crippen LogP contribution in [-0.4, -0.2) is 45.5 Å². The van der Waals surface area contributed by atoms with Crippen molar-refractivity contribution in [1.29, 1.82) is 0 Å². The van der Waals surface area contributed by atoms with Gasteiger partial charge in [0.2, 0.25) is 11.8 Å². The van der Waals surface area contributed by atoms with Crippen LogP contribution in [0.1, 0.15) is 31.2 Å². The summed E-state index contributed by atoms with van der Waals surface area (Å²) >= 11 is 1.22. The molecule has 5 rings (SSSR count). The van der Waals surface area contributed by atoms with Crippen LogP contribution in [0.5, 0.6) is 0 Å². The highest BCUT2D eigenvalue weighted by atomic mass is 32.1. The highest BCUT2D eigenvalue weighted by Crippen LogP contribution is 2.30. The number of nitrogens with zero attached hydrogens (tertiary/aromatic N) is 4. The number of halogens is 1. The number of carbonyl (C=O) groups excluding carboxylic acids is 2. The summed E-state index contributed by atoms with van der Waals surface area (Å²) in [4.78, 5) is 48.7. The highest BCUT2D eigenvalue weighted by molar-refractivity contribution is 7.22. The summed E-state index contributed by atoms with van der Waals surface area (Å²) in [5.41, 5.74) is 0.734. The minimum atomic E-state index is -0.535. The van der Waals surface area contributed by atoms with E-state index in [2.05, 4.69) is 20.6 Å². The van der Waals surface area contributed by atoms with Gasteiger partial charge in [-0.1, -0.05) is 17.4 Å². The van der Waals surface area contributed by atoms with Gasteiger partial charge in [-0.15, -0.1) is 0 Å². The SMILES string of the molecule is Cc1ccc(NC(=O)Cn2cnc3nc(N4CCCC(C(=O)NC5CC5)C4)sc3c2=O)c(F)c1. The lowest BCUT2D eigenvalue weighted by atomic mass is 9.97. The van der Waals surface area contributed by atoms with E-state index >= 15 is 0 Å². The second-order valence-corrected chi connectivity index (χ2v) is 9.90. The van der Waals surface area contributed by atoms with Crippen LogP contribution in [0.25, 0.3) is 10.3 Å². The second-order valence-electron chi connectivity index (χ2n) is 8.93. The van der Waals surface area contributed by atoms with Gasteiger partial charge in [0.15, 0.2) is 10.8 Å². The van der Waals surface area contributed by atoms with Crippen LogP contribution in [0.15, 0.2) is 29.3 Å². The third-order valence-electron chi connectivity index (χ3n) is 6.07. The zero-order chi connectivity index (χ0) is 23.8. The molecule has 1 aliphatic heterocycles. The average Bonchev–Trinajstić information content (AvgIpc) is 3.52. The van der Waals surface area contributed by atoms with Gasteiger partial charge in [-0.05, 0) is 50.3 Å². The van der Waals surface area contributed by atoms with Gasteiger partial charge in [0.05, 0.1) is 11.6 Å². The molecule has 2 amide bonds. The first-order valence-corrected chi connectivity index (χ1v) is 12.2. The number of carbonyl (C=O) groups is 2. The molecular formula is C23H25FN6O3S. The van der Waals surface area contributed by atoms with Crippen molar-refractivity contribution in [3.05, 3.63) is 46.3 Å². The molecular weight excluding hydrogens is 459 g/mol. The molecule has 0 spiro atoms. The number of hydrogen-bond acceptors (Lipinski definition) is 7. The maximum absolute atomic E-state index is 14.0. The number of benzene rings is 1. The Kier molecular flexibility index (Phi) is 6.03. The predicted molar refractivity (Wildman–Crippen MR) is 128 cm³/mol. The molecule has 2 fully saturated rings. The lowest BCUT2D eigenvalue weighted by Crippen LogP contribution is -2.43. The fourth-order valence-corrected chi connectivity index (χ4v) is 5.06. The van der Waals surface area contributed by atoms with Crippen LogP contribution in [-0.2, 0) is 16.1 Å². The topological polar surface area (TPSA) is 109 Å². The molecule has 3 aromatic rings. The Morgan fingerprint density at radius 3 is 2.85 bits per heavy atom. The molecule has 1 saturated carbocycles. The van der Waals surface area contributed by atoms with Crippen molar-refractivity contribution >= 4 is 44.3 Å². The van der Waals surface area contributed by atoms with E-state index in [0.29, 0.717) is 28.1 Å². The first-order chi connectivity index (χ1) is 16.4. The first-order valence-electron chi connectivity index (χ1n) is 11.3. The second kappa shape index (κ2) is 9.13. The van der Waals surface area contributed by atoms with Crippen molar-refractivity contribution in [2.24, 2.45) is 5.92 Å². The van der Waals surface area contributed by atoms with Crippen LogP contribution in [0.2, 0.25) is 0 Å². The molecule has 9 nitrogen and oxygen atoms in total. The molecule has 1 atom stereocenters. The first kappa shape index (κ1) is 22.5. The maximum Gasteiger partial charge on any atom is 0.273 e. The van der Waals surface area contributed by atoms with Crippen molar-refractivity contribution in [1.82, 2.24) is 19.9 Å². The molecule has 2 N–H and O–H groups in total. The van der Waals surface area contributed by atoms with Gasteiger partial charge >= 0.3 is 0 Å². The molecule has 0 radical (unpaired) electrons. The van der Waals surface area contributed by atoms with Gasteiger partial charge in [-0.25, -0.2) is 9.37 Å². The normalized spacial score (nSPS) is 18.2. The summed E-state index contributed by atoms with van der Waals surface area (Å²) in [6.07, 6.45) is 5.08. The number of piperidine rings is 1. The van der Waals surface area contributed by atoms with E-state index in [1.165, 1.54) is 34.4 Å². The van der Waals surface area contributed by atoms with Gasteiger partial charge in [0, 0.05) is 19.1 Å². The summed E-state index contributed by atoms with van der Waals surface area (Å²) in [6, 6.07) is 4.83. The number of aryl methyl sites for hydroxylation is 1. The summed E-state index contributed by atoms with van der Waals surface area (Å²) in [6.45, 7) is 2.77. The van der Waals surface area contributed by atoms with E-state index < -0.39 is 11.7 Å². The quantitative estimate of drug-likeness (QED) is 0.556. The molecule has 1 aliphatic carbocycles. The van der Waals surface area contributed by atoms with Gasteiger partial charge in [0.25, 0.3) is 5.56 Å². The molecule has 3 heterocycles. The molecule has 0 bridgehead atoms. The smallest absolute Gasteiger partial charge is 0.273 e. The number of fused-ring (bicyclic) bond motifs is 1. The van der Waals surface area contributed by atoms with Crippen LogP contribution in [0.4, 0.5) is 15.2 Å². The highest BCUT2D eigenvalue weighted by Gasteiger charge is 2.31. The zero-order valence-electron chi connectivity index (χ0n) is 18.7. The van der Waals surface area contributed by atoms with Crippen LogP contribution < -0.4 is 21.1 Å². The number of rotatable bonds is 6. The minimum absolute atomic E-state index is 0.0585. The monoisotopic (exact) mass is 484 g/mol. The van der Waals surface area contributed by atoms with Crippen LogP contribution in [0.3, 0.4) is 0 Å². The fraction of sp³-hybridized carbons (Fsp3) is 0.435. The Bertz CT molecular complexity index is 1320. The van der Waals surface area contributed by atoms with E-state index in [0.717, 1.165) is 37.8 Å². The molecule has 11 heteroatoms. The van der Waals surface area contributed by atoms with Crippen molar-refractivity contribution in [2.45, 2.75) is 45.2 Å². The van der Waals surface area contributed by atoms with Crippen molar-refractivity contribution in [3.8, 4) is 0 Å². The Morgan fingerprint density at radius 2 is 2.09 bits per heavy atom. The molecule has 1 aromatic carbocycles. The molecule has 178 valence electrons. The van der Waals surface area contributed by atoms with E-state index in [-0.39, 0.29) is 29.6 Å². The molecule has 34 heavy (non-hydrogen) atoms. The standard InChI is InChI=1S/C23H25FN6O3S/c1-13-4-7-17(16(24)9-13)27-18(31)11-30-12-25-20-19(22(30)33)34-23(28-20)29-8-2-3-14(10-29)21(32)26-15-5-6-15/h4,7,9,12,14-15H,2-3,5-6,8,10-11H2,1H3,(H,26,32)(H,27,31). The number of hydrogen-bond donors (Lipinski definition) is 2. The maximum atomic E-state index is 14.0. The summed E-state index contributed by atoms with van der Waals surface area (Å²) in [5, 5.41) is 6.21. The van der Waals surface area contributed by atoms with Gasteiger partial charge in [-0.2, -0.15) is 4.98 Å². The number of nitrogens with one attached hydrogen (secondary N) is 2. The minimum Gasteiger partial charge on any atom is -0.353 e. The number of anilines is 2. The van der Waals surface area contributed by atoms with E-state index in [1.54, 1.807) is 13.0 Å². The lowest BCUT2D eigenvalue weighted by Gasteiger charge is -2.31. The van der Waals surface area contributed by atoms with Crippen molar-refractivity contribution < 1.29 is 14.0 Å². The molecule has 1 saturated heterocycles.